The van der Waals surface area contributed by atoms with E-state index in [2.05, 4.69) is 11.0 Å². The molecule has 0 atom stereocenters. The number of nitrogens with zero attached hydrogens (tertiary/aromatic N) is 2. The SMILES string of the molecule is O=C(CCC(=O)N1CCN(Cc2ccc(Cl)s2)CC1)c1ccccc1. The third-order valence-corrected chi connectivity index (χ3v) is 5.61. The van der Waals surface area contributed by atoms with Crippen molar-refractivity contribution in [2.24, 2.45) is 0 Å². The summed E-state index contributed by atoms with van der Waals surface area (Å²) >= 11 is 7.57. The van der Waals surface area contributed by atoms with E-state index >= 15 is 0 Å². The lowest BCUT2D eigenvalue weighted by molar-refractivity contribution is -0.132. The Labute approximate surface area is 157 Å². The van der Waals surface area contributed by atoms with Crippen molar-refractivity contribution in [1.82, 2.24) is 9.80 Å². The summed E-state index contributed by atoms with van der Waals surface area (Å²) in [5, 5.41) is 0. The van der Waals surface area contributed by atoms with Crippen molar-refractivity contribution in [1.29, 1.82) is 0 Å². The summed E-state index contributed by atoms with van der Waals surface area (Å²) in [7, 11) is 0. The fourth-order valence-corrected chi connectivity index (χ4v) is 4.09. The molecule has 1 saturated heterocycles. The molecule has 1 aromatic carbocycles. The number of hydrogen-bond donors (Lipinski definition) is 0. The lowest BCUT2D eigenvalue weighted by atomic mass is 10.1. The predicted octanol–water partition coefficient (Wildman–Crippen LogP) is 3.71. The van der Waals surface area contributed by atoms with E-state index in [1.54, 1.807) is 23.5 Å². The van der Waals surface area contributed by atoms with E-state index in [0.29, 0.717) is 5.56 Å². The van der Waals surface area contributed by atoms with Gasteiger partial charge < -0.3 is 4.90 Å². The Bertz CT molecular complexity index is 724. The minimum Gasteiger partial charge on any atom is -0.340 e. The Kier molecular flexibility index (Phi) is 6.24. The second kappa shape index (κ2) is 8.61. The van der Waals surface area contributed by atoms with Gasteiger partial charge in [0.15, 0.2) is 5.78 Å². The molecule has 0 bridgehead atoms. The van der Waals surface area contributed by atoms with Gasteiger partial charge in [-0.15, -0.1) is 11.3 Å². The number of thiophene rings is 1. The molecule has 2 heterocycles. The van der Waals surface area contributed by atoms with Gasteiger partial charge in [-0.05, 0) is 12.1 Å². The molecule has 1 aliphatic heterocycles. The third kappa shape index (κ3) is 5.14. The van der Waals surface area contributed by atoms with Gasteiger partial charge in [0.25, 0.3) is 0 Å². The van der Waals surface area contributed by atoms with Gasteiger partial charge in [0.05, 0.1) is 4.34 Å². The minimum absolute atomic E-state index is 0.0298. The number of Topliss-reactive ketones (excluding diaryl/α,β-unsaturated/α-hetero) is 1. The van der Waals surface area contributed by atoms with Crippen LogP contribution in [0.4, 0.5) is 0 Å². The molecule has 132 valence electrons. The first-order valence-corrected chi connectivity index (χ1v) is 9.64. The zero-order valence-corrected chi connectivity index (χ0v) is 15.6. The van der Waals surface area contributed by atoms with Gasteiger partial charge in [0.1, 0.15) is 0 Å². The molecule has 1 aliphatic rings. The maximum absolute atomic E-state index is 12.3. The Morgan fingerprint density at radius 1 is 0.960 bits per heavy atom. The van der Waals surface area contributed by atoms with Gasteiger partial charge in [0, 0.05) is 56.0 Å². The molecule has 4 nitrogen and oxygen atoms in total. The molecule has 1 amide bonds. The van der Waals surface area contributed by atoms with Gasteiger partial charge in [-0.2, -0.15) is 0 Å². The number of carbonyl (C=O) groups is 2. The quantitative estimate of drug-likeness (QED) is 0.721. The standard InChI is InChI=1S/C19H21ClN2O2S/c20-18-8-6-16(25-18)14-21-10-12-22(13-11-21)19(24)9-7-17(23)15-4-2-1-3-5-15/h1-6,8H,7,9-14H2. The first-order chi connectivity index (χ1) is 12.1. The summed E-state index contributed by atoms with van der Waals surface area (Å²) in [6, 6.07) is 13.1. The number of rotatable bonds is 6. The first kappa shape index (κ1) is 18.1. The smallest absolute Gasteiger partial charge is 0.223 e. The summed E-state index contributed by atoms with van der Waals surface area (Å²) in [6.07, 6.45) is 0.561. The van der Waals surface area contributed by atoms with Crippen LogP contribution < -0.4 is 0 Å². The van der Waals surface area contributed by atoms with E-state index in [0.717, 1.165) is 37.1 Å². The fourth-order valence-electron chi connectivity index (χ4n) is 2.96. The van der Waals surface area contributed by atoms with Crippen LogP contribution in [0, 0.1) is 0 Å². The van der Waals surface area contributed by atoms with Gasteiger partial charge in [0.2, 0.25) is 5.91 Å². The van der Waals surface area contributed by atoms with E-state index in [-0.39, 0.29) is 24.5 Å². The van der Waals surface area contributed by atoms with Crippen LogP contribution in [0.15, 0.2) is 42.5 Å². The number of carbonyl (C=O) groups excluding carboxylic acids is 2. The van der Waals surface area contributed by atoms with Crippen molar-refractivity contribution in [2.75, 3.05) is 26.2 Å². The predicted molar refractivity (Wildman–Crippen MR) is 101 cm³/mol. The lowest BCUT2D eigenvalue weighted by Gasteiger charge is -2.34. The van der Waals surface area contributed by atoms with Gasteiger partial charge >= 0.3 is 0 Å². The molecular formula is C19H21ClN2O2S. The maximum atomic E-state index is 12.3. The summed E-state index contributed by atoms with van der Waals surface area (Å²) < 4.78 is 0.812. The number of halogens is 1. The molecule has 0 unspecified atom stereocenters. The van der Waals surface area contributed by atoms with Crippen LogP contribution >= 0.6 is 22.9 Å². The number of amides is 1. The number of ketones is 1. The number of hydrogen-bond acceptors (Lipinski definition) is 4. The lowest BCUT2D eigenvalue weighted by Crippen LogP contribution is -2.48. The average molecular weight is 377 g/mol. The van der Waals surface area contributed by atoms with E-state index < -0.39 is 0 Å². The molecule has 3 rings (SSSR count). The van der Waals surface area contributed by atoms with Crippen molar-refractivity contribution in [3.63, 3.8) is 0 Å². The number of benzene rings is 1. The molecule has 1 aromatic heterocycles. The molecule has 0 saturated carbocycles. The summed E-state index contributed by atoms with van der Waals surface area (Å²) in [6.45, 7) is 4.03. The molecule has 25 heavy (non-hydrogen) atoms. The van der Waals surface area contributed by atoms with E-state index in [1.165, 1.54) is 4.88 Å². The summed E-state index contributed by atoms with van der Waals surface area (Å²) in [4.78, 5) is 29.9. The topological polar surface area (TPSA) is 40.6 Å². The van der Waals surface area contributed by atoms with Gasteiger partial charge in [-0.3, -0.25) is 14.5 Å². The van der Waals surface area contributed by atoms with E-state index in [4.69, 9.17) is 11.6 Å². The Morgan fingerprint density at radius 3 is 2.32 bits per heavy atom. The third-order valence-electron chi connectivity index (χ3n) is 4.39. The molecule has 0 spiro atoms. The molecule has 0 radical (unpaired) electrons. The van der Waals surface area contributed by atoms with Crippen molar-refractivity contribution in [3.05, 3.63) is 57.2 Å². The minimum atomic E-state index is 0.0298. The van der Waals surface area contributed by atoms with Crippen LogP contribution in [-0.2, 0) is 11.3 Å². The van der Waals surface area contributed by atoms with Crippen LogP contribution in [0.2, 0.25) is 4.34 Å². The number of piperazine rings is 1. The van der Waals surface area contributed by atoms with E-state index in [1.807, 2.05) is 29.2 Å². The Balaban J connectivity index is 1.41. The van der Waals surface area contributed by atoms with Gasteiger partial charge in [-0.25, -0.2) is 0 Å². The second-order valence-electron chi connectivity index (χ2n) is 6.15. The fraction of sp³-hybridized carbons (Fsp3) is 0.368. The monoisotopic (exact) mass is 376 g/mol. The Morgan fingerprint density at radius 2 is 1.68 bits per heavy atom. The molecule has 6 heteroatoms. The summed E-state index contributed by atoms with van der Waals surface area (Å²) in [5.74, 6) is 0.102. The summed E-state index contributed by atoms with van der Waals surface area (Å²) in [5.41, 5.74) is 0.676. The molecule has 0 aliphatic carbocycles. The highest BCUT2D eigenvalue weighted by molar-refractivity contribution is 7.16. The van der Waals surface area contributed by atoms with E-state index in [9.17, 15) is 9.59 Å². The highest BCUT2D eigenvalue weighted by Crippen LogP contribution is 2.23. The molecule has 2 aromatic rings. The normalized spacial score (nSPS) is 15.3. The van der Waals surface area contributed by atoms with Crippen LogP contribution in [0.5, 0.6) is 0 Å². The molecule has 1 fully saturated rings. The highest BCUT2D eigenvalue weighted by atomic mass is 35.5. The molecular weight excluding hydrogens is 356 g/mol. The van der Waals surface area contributed by atoms with Gasteiger partial charge in [-0.1, -0.05) is 41.9 Å². The highest BCUT2D eigenvalue weighted by Gasteiger charge is 2.22. The Hall–Kier alpha value is -1.69. The maximum Gasteiger partial charge on any atom is 0.223 e. The first-order valence-electron chi connectivity index (χ1n) is 8.44. The van der Waals surface area contributed by atoms with Crippen molar-refractivity contribution >= 4 is 34.6 Å². The van der Waals surface area contributed by atoms with Crippen LogP contribution in [0.3, 0.4) is 0 Å². The van der Waals surface area contributed by atoms with Crippen molar-refractivity contribution in [3.8, 4) is 0 Å². The second-order valence-corrected chi connectivity index (χ2v) is 7.95. The van der Waals surface area contributed by atoms with Crippen molar-refractivity contribution in [2.45, 2.75) is 19.4 Å². The van der Waals surface area contributed by atoms with Crippen LogP contribution in [0.25, 0.3) is 0 Å². The average Bonchev–Trinajstić information content (AvgIpc) is 3.05. The molecule has 0 N–H and O–H groups in total. The van der Waals surface area contributed by atoms with Crippen molar-refractivity contribution < 1.29 is 9.59 Å². The van der Waals surface area contributed by atoms with Crippen LogP contribution in [-0.4, -0.2) is 47.7 Å². The largest absolute Gasteiger partial charge is 0.340 e. The zero-order valence-electron chi connectivity index (χ0n) is 14.0. The zero-order chi connectivity index (χ0) is 17.6. The van der Waals surface area contributed by atoms with Crippen LogP contribution in [0.1, 0.15) is 28.1 Å².